The Balaban J connectivity index is 0.00000243. The lowest BCUT2D eigenvalue weighted by molar-refractivity contribution is 0.412. The fourth-order valence-electron chi connectivity index (χ4n) is 3.29. The molecule has 2 atom stereocenters. The molecular formula is C18H22Cl2N2O3S. The second-order valence-electron chi connectivity index (χ2n) is 6.13. The number of methoxy groups -OCH3 is 1. The first kappa shape index (κ1) is 21.0. The summed E-state index contributed by atoms with van der Waals surface area (Å²) in [7, 11) is -2.23. The van der Waals surface area contributed by atoms with Gasteiger partial charge in [-0.3, -0.25) is 0 Å². The van der Waals surface area contributed by atoms with Gasteiger partial charge in [0, 0.05) is 25.1 Å². The van der Waals surface area contributed by atoms with Crippen LogP contribution in [0.25, 0.3) is 0 Å². The summed E-state index contributed by atoms with van der Waals surface area (Å²) < 4.78 is 32.8. The van der Waals surface area contributed by atoms with Crippen molar-refractivity contribution in [3.8, 4) is 5.75 Å². The monoisotopic (exact) mass is 416 g/mol. The lowest BCUT2D eigenvalue weighted by Crippen LogP contribution is -2.30. The zero-order valence-corrected chi connectivity index (χ0v) is 16.7. The molecule has 0 bridgehead atoms. The molecule has 0 unspecified atom stereocenters. The van der Waals surface area contributed by atoms with Crippen molar-refractivity contribution in [2.75, 3.05) is 26.7 Å². The number of halogens is 2. The van der Waals surface area contributed by atoms with Crippen molar-refractivity contribution in [3.05, 3.63) is 59.1 Å². The maximum absolute atomic E-state index is 13.1. The summed E-state index contributed by atoms with van der Waals surface area (Å²) >= 11 is 6.15. The molecule has 1 fully saturated rings. The summed E-state index contributed by atoms with van der Waals surface area (Å²) in [5.41, 5.74) is 7.02. The highest BCUT2D eigenvalue weighted by molar-refractivity contribution is 7.89. The smallest absolute Gasteiger partial charge is 0.244 e. The molecule has 2 N–H and O–H groups in total. The Morgan fingerprint density at radius 1 is 1.19 bits per heavy atom. The molecule has 142 valence electrons. The van der Waals surface area contributed by atoms with Crippen LogP contribution in [0.2, 0.25) is 5.02 Å². The highest BCUT2D eigenvalue weighted by atomic mass is 35.5. The molecule has 1 heterocycles. The van der Waals surface area contributed by atoms with Crippen LogP contribution < -0.4 is 10.5 Å². The minimum atomic E-state index is -3.72. The van der Waals surface area contributed by atoms with E-state index in [0.29, 0.717) is 25.4 Å². The number of rotatable bonds is 5. The molecule has 2 aromatic rings. The van der Waals surface area contributed by atoms with E-state index in [4.69, 9.17) is 22.1 Å². The predicted octanol–water partition coefficient (Wildman–Crippen LogP) is 3.13. The molecule has 26 heavy (non-hydrogen) atoms. The number of benzene rings is 2. The highest BCUT2D eigenvalue weighted by Crippen LogP contribution is 2.37. The van der Waals surface area contributed by atoms with Crippen LogP contribution in [0.4, 0.5) is 0 Å². The van der Waals surface area contributed by atoms with Crippen molar-refractivity contribution in [3.63, 3.8) is 0 Å². The molecule has 1 aliphatic rings. The third-order valence-electron chi connectivity index (χ3n) is 4.69. The van der Waals surface area contributed by atoms with Gasteiger partial charge in [-0.25, -0.2) is 8.42 Å². The van der Waals surface area contributed by atoms with Gasteiger partial charge >= 0.3 is 0 Å². The standard InChI is InChI=1S/C18H21ClN2O3S.ClH/c1-24-15-7-8-17(19)18(9-15)25(22,23)21-11-14(10-20)16(12-21)13-5-3-2-4-6-13;/h2-9,14,16H,10-12,20H2,1H3;1H/t14-,16+;/m1./s1. The van der Waals surface area contributed by atoms with Crippen LogP contribution in [0.1, 0.15) is 11.5 Å². The largest absolute Gasteiger partial charge is 0.497 e. The highest BCUT2D eigenvalue weighted by Gasteiger charge is 2.40. The molecule has 0 saturated carbocycles. The average Bonchev–Trinajstić information content (AvgIpc) is 3.08. The van der Waals surface area contributed by atoms with Crippen LogP contribution in [-0.2, 0) is 10.0 Å². The van der Waals surface area contributed by atoms with E-state index in [1.807, 2.05) is 30.3 Å². The van der Waals surface area contributed by atoms with Gasteiger partial charge in [0.1, 0.15) is 10.6 Å². The zero-order chi connectivity index (χ0) is 18.0. The Labute approximate surface area is 165 Å². The number of nitrogens with two attached hydrogens (primary N) is 1. The molecule has 1 aliphatic heterocycles. The summed E-state index contributed by atoms with van der Waals surface area (Å²) in [6.45, 7) is 1.20. The van der Waals surface area contributed by atoms with E-state index in [2.05, 4.69) is 0 Å². The van der Waals surface area contributed by atoms with E-state index in [0.717, 1.165) is 5.56 Å². The minimum Gasteiger partial charge on any atom is -0.497 e. The van der Waals surface area contributed by atoms with Crippen LogP contribution in [0.5, 0.6) is 5.75 Å². The Bertz CT molecular complexity index is 847. The molecule has 0 aromatic heterocycles. The second-order valence-corrected chi connectivity index (χ2v) is 8.44. The molecule has 0 amide bonds. The van der Waals surface area contributed by atoms with Crippen LogP contribution in [0.3, 0.4) is 0 Å². The fraction of sp³-hybridized carbons (Fsp3) is 0.333. The molecule has 0 spiro atoms. The second kappa shape index (κ2) is 8.59. The Kier molecular flexibility index (Phi) is 6.93. The Hall–Kier alpha value is -1.31. The van der Waals surface area contributed by atoms with Crippen LogP contribution >= 0.6 is 24.0 Å². The quantitative estimate of drug-likeness (QED) is 0.812. The first-order valence-electron chi connectivity index (χ1n) is 8.06. The van der Waals surface area contributed by atoms with Gasteiger partial charge in [-0.1, -0.05) is 41.9 Å². The number of ether oxygens (including phenoxy) is 1. The molecule has 3 rings (SSSR count). The summed E-state index contributed by atoms with van der Waals surface area (Å²) in [4.78, 5) is 0.0676. The van der Waals surface area contributed by atoms with Crippen molar-refractivity contribution >= 4 is 34.0 Å². The Morgan fingerprint density at radius 3 is 2.50 bits per heavy atom. The van der Waals surface area contributed by atoms with Gasteiger partial charge in [0.25, 0.3) is 0 Å². The van der Waals surface area contributed by atoms with Gasteiger partial charge in [-0.05, 0) is 30.2 Å². The van der Waals surface area contributed by atoms with E-state index in [1.165, 1.54) is 17.5 Å². The first-order valence-corrected chi connectivity index (χ1v) is 9.88. The van der Waals surface area contributed by atoms with E-state index < -0.39 is 10.0 Å². The number of hydrogen-bond acceptors (Lipinski definition) is 4. The van der Waals surface area contributed by atoms with E-state index in [-0.39, 0.29) is 34.2 Å². The maximum Gasteiger partial charge on any atom is 0.244 e. The van der Waals surface area contributed by atoms with Crippen molar-refractivity contribution in [1.29, 1.82) is 0 Å². The number of hydrogen-bond donors (Lipinski definition) is 1. The van der Waals surface area contributed by atoms with Crippen molar-refractivity contribution < 1.29 is 13.2 Å². The van der Waals surface area contributed by atoms with E-state index in [9.17, 15) is 8.42 Å². The lowest BCUT2D eigenvalue weighted by atomic mass is 9.89. The van der Waals surface area contributed by atoms with Gasteiger partial charge in [0.15, 0.2) is 0 Å². The van der Waals surface area contributed by atoms with Crippen molar-refractivity contribution in [2.45, 2.75) is 10.8 Å². The normalized spacial score (nSPS) is 20.6. The molecule has 8 heteroatoms. The van der Waals surface area contributed by atoms with Crippen molar-refractivity contribution in [1.82, 2.24) is 4.31 Å². The maximum atomic E-state index is 13.1. The van der Waals surface area contributed by atoms with Crippen LogP contribution in [-0.4, -0.2) is 39.5 Å². The van der Waals surface area contributed by atoms with Gasteiger partial charge in [0.2, 0.25) is 10.0 Å². The topological polar surface area (TPSA) is 72.6 Å². The summed E-state index contributed by atoms with van der Waals surface area (Å²) in [5.74, 6) is 0.601. The third kappa shape index (κ3) is 4.00. The lowest BCUT2D eigenvalue weighted by Gasteiger charge is -2.18. The summed E-state index contributed by atoms with van der Waals surface area (Å²) in [5, 5.41) is 0.188. The van der Waals surface area contributed by atoms with Crippen molar-refractivity contribution in [2.24, 2.45) is 11.7 Å². The van der Waals surface area contributed by atoms with Crippen LogP contribution in [0.15, 0.2) is 53.4 Å². The summed E-state index contributed by atoms with van der Waals surface area (Å²) in [6.07, 6.45) is 0. The molecule has 1 saturated heterocycles. The predicted molar refractivity (Wildman–Crippen MR) is 106 cm³/mol. The minimum absolute atomic E-state index is 0. The van der Waals surface area contributed by atoms with Gasteiger partial charge < -0.3 is 10.5 Å². The average molecular weight is 417 g/mol. The van der Waals surface area contributed by atoms with Gasteiger partial charge in [0.05, 0.1) is 12.1 Å². The molecule has 0 aliphatic carbocycles. The van der Waals surface area contributed by atoms with Gasteiger partial charge in [-0.2, -0.15) is 4.31 Å². The summed E-state index contributed by atoms with van der Waals surface area (Å²) in [6, 6.07) is 14.5. The first-order chi connectivity index (χ1) is 12.0. The zero-order valence-electron chi connectivity index (χ0n) is 14.3. The molecule has 5 nitrogen and oxygen atoms in total. The van der Waals surface area contributed by atoms with E-state index in [1.54, 1.807) is 12.1 Å². The third-order valence-corrected chi connectivity index (χ3v) is 7.01. The number of nitrogens with zero attached hydrogens (tertiary/aromatic N) is 1. The van der Waals surface area contributed by atoms with E-state index >= 15 is 0 Å². The molecular weight excluding hydrogens is 395 g/mol. The van der Waals surface area contributed by atoms with Crippen LogP contribution in [0, 0.1) is 5.92 Å². The fourth-order valence-corrected chi connectivity index (χ4v) is 5.30. The number of sulfonamides is 1. The SMILES string of the molecule is COc1ccc(Cl)c(S(=O)(=O)N2C[C@@H](CN)[C@H](c3ccccc3)C2)c1.Cl. The molecule has 2 aromatic carbocycles. The van der Waals surface area contributed by atoms with Gasteiger partial charge in [-0.15, -0.1) is 12.4 Å². The molecule has 0 radical (unpaired) electrons. The Morgan fingerprint density at radius 2 is 1.88 bits per heavy atom.